The topological polar surface area (TPSA) is 40.5 Å². The highest BCUT2D eigenvalue weighted by atomic mass is 16.3. The van der Waals surface area contributed by atoms with Crippen LogP contribution < -0.4 is 0 Å². The average Bonchev–Trinajstić information content (AvgIpc) is 2.42. The Morgan fingerprint density at radius 1 is 0.833 bits per heavy atom. The standard InChI is InChI=1S/C16H18O2/c1-3-11-5-7-13(8-6-11)14-9-12(4-2)16(18)15(17)10-14/h5-10,17-18H,3-4H2,1-2H3. The summed E-state index contributed by atoms with van der Waals surface area (Å²) in [6, 6.07) is 11.8. The third-order valence-electron chi connectivity index (χ3n) is 3.25. The molecule has 0 saturated carbocycles. The highest BCUT2D eigenvalue weighted by Crippen LogP contribution is 2.34. The normalized spacial score (nSPS) is 10.6. The minimum Gasteiger partial charge on any atom is -0.504 e. The van der Waals surface area contributed by atoms with E-state index in [1.807, 2.05) is 25.1 Å². The Balaban J connectivity index is 2.46. The Kier molecular flexibility index (Phi) is 3.56. The molecule has 0 radical (unpaired) electrons. The van der Waals surface area contributed by atoms with Crippen LogP contribution in [0.25, 0.3) is 11.1 Å². The summed E-state index contributed by atoms with van der Waals surface area (Å²) >= 11 is 0. The fraction of sp³-hybridized carbons (Fsp3) is 0.250. The van der Waals surface area contributed by atoms with Crippen LogP contribution >= 0.6 is 0 Å². The Bertz CT molecular complexity index is 542. The summed E-state index contributed by atoms with van der Waals surface area (Å²) < 4.78 is 0. The average molecular weight is 242 g/mol. The van der Waals surface area contributed by atoms with Crippen molar-refractivity contribution in [2.24, 2.45) is 0 Å². The van der Waals surface area contributed by atoms with E-state index in [-0.39, 0.29) is 11.5 Å². The molecular formula is C16H18O2. The predicted octanol–water partition coefficient (Wildman–Crippen LogP) is 3.89. The second-order valence-electron chi connectivity index (χ2n) is 4.41. The molecule has 0 fully saturated rings. The van der Waals surface area contributed by atoms with Crippen molar-refractivity contribution >= 4 is 0 Å². The first kappa shape index (κ1) is 12.5. The molecule has 0 aromatic heterocycles. The number of phenols is 2. The van der Waals surface area contributed by atoms with Crippen LogP contribution in [0.4, 0.5) is 0 Å². The quantitative estimate of drug-likeness (QED) is 0.802. The second kappa shape index (κ2) is 5.13. The minimum atomic E-state index is -0.0519. The van der Waals surface area contributed by atoms with E-state index >= 15 is 0 Å². The highest BCUT2D eigenvalue weighted by molar-refractivity contribution is 5.69. The number of hydrogen-bond acceptors (Lipinski definition) is 2. The molecule has 18 heavy (non-hydrogen) atoms. The van der Waals surface area contributed by atoms with Crippen molar-refractivity contribution in [3.63, 3.8) is 0 Å². The van der Waals surface area contributed by atoms with Crippen LogP contribution in [0, 0.1) is 0 Å². The number of aryl methyl sites for hydroxylation is 2. The van der Waals surface area contributed by atoms with Gasteiger partial charge in [0.2, 0.25) is 0 Å². The Labute approximate surface area is 108 Å². The number of aromatic hydroxyl groups is 2. The molecule has 2 heteroatoms. The first-order chi connectivity index (χ1) is 8.65. The molecule has 0 spiro atoms. The van der Waals surface area contributed by atoms with E-state index in [0.717, 1.165) is 23.1 Å². The van der Waals surface area contributed by atoms with Crippen molar-refractivity contribution < 1.29 is 10.2 Å². The van der Waals surface area contributed by atoms with Crippen molar-refractivity contribution in [1.82, 2.24) is 0 Å². The predicted molar refractivity (Wildman–Crippen MR) is 74.0 cm³/mol. The van der Waals surface area contributed by atoms with Crippen LogP contribution in [-0.2, 0) is 12.8 Å². The number of benzene rings is 2. The molecule has 0 amide bonds. The highest BCUT2D eigenvalue weighted by Gasteiger charge is 2.08. The van der Waals surface area contributed by atoms with E-state index < -0.39 is 0 Å². The van der Waals surface area contributed by atoms with Gasteiger partial charge in [-0.2, -0.15) is 0 Å². The molecule has 0 heterocycles. The summed E-state index contributed by atoms with van der Waals surface area (Å²) in [6.45, 7) is 4.08. The van der Waals surface area contributed by atoms with Crippen molar-refractivity contribution in [3.8, 4) is 22.6 Å². The molecule has 0 aliphatic rings. The molecule has 2 aromatic rings. The largest absolute Gasteiger partial charge is 0.504 e. The van der Waals surface area contributed by atoms with Crippen LogP contribution in [0.1, 0.15) is 25.0 Å². The molecule has 94 valence electrons. The van der Waals surface area contributed by atoms with Gasteiger partial charge in [-0.25, -0.2) is 0 Å². The molecule has 2 nitrogen and oxygen atoms in total. The van der Waals surface area contributed by atoms with Crippen molar-refractivity contribution in [2.45, 2.75) is 26.7 Å². The van der Waals surface area contributed by atoms with E-state index in [1.54, 1.807) is 6.07 Å². The van der Waals surface area contributed by atoms with Gasteiger partial charge in [-0.1, -0.05) is 38.1 Å². The van der Waals surface area contributed by atoms with Gasteiger partial charge in [0.15, 0.2) is 11.5 Å². The summed E-state index contributed by atoms with van der Waals surface area (Å²) in [5.41, 5.74) is 4.05. The van der Waals surface area contributed by atoms with E-state index in [4.69, 9.17) is 0 Å². The molecule has 0 aliphatic heterocycles. The van der Waals surface area contributed by atoms with E-state index in [1.165, 1.54) is 5.56 Å². The van der Waals surface area contributed by atoms with Gasteiger partial charge in [0.25, 0.3) is 0 Å². The molecule has 0 atom stereocenters. The third kappa shape index (κ3) is 2.33. The van der Waals surface area contributed by atoms with Gasteiger partial charge in [-0.05, 0) is 47.2 Å². The number of phenolic OH excluding ortho intramolecular Hbond substituents is 2. The molecule has 0 unspecified atom stereocenters. The molecule has 0 aliphatic carbocycles. The lowest BCUT2D eigenvalue weighted by atomic mass is 9.99. The van der Waals surface area contributed by atoms with Gasteiger partial charge >= 0.3 is 0 Å². The fourth-order valence-corrected chi connectivity index (χ4v) is 2.05. The number of rotatable bonds is 3. The Morgan fingerprint density at radius 2 is 1.50 bits per heavy atom. The Morgan fingerprint density at radius 3 is 2.06 bits per heavy atom. The SMILES string of the molecule is CCc1ccc(-c2cc(O)c(O)c(CC)c2)cc1. The van der Waals surface area contributed by atoms with Gasteiger partial charge in [0.1, 0.15) is 0 Å². The molecule has 2 rings (SSSR count). The summed E-state index contributed by atoms with van der Waals surface area (Å²) in [6.07, 6.45) is 1.71. The van der Waals surface area contributed by atoms with Gasteiger partial charge in [-0.15, -0.1) is 0 Å². The van der Waals surface area contributed by atoms with Gasteiger partial charge in [-0.3, -0.25) is 0 Å². The maximum absolute atomic E-state index is 9.72. The molecule has 0 bridgehead atoms. The van der Waals surface area contributed by atoms with Gasteiger partial charge < -0.3 is 10.2 Å². The fourth-order valence-electron chi connectivity index (χ4n) is 2.05. The van der Waals surface area contributed by atoms with Crippen LogP contribution in [0.3, 0.4) is 0 Å². The second-order valence-corrected chi connectivity index (χ2v) is 4.41. The zero-order valence-corrected chi connectivity index (χ0v) is 10.8. The first-order valence-electron chi connectivity index (χ1n) is 6.29. The van der Waals surface area contributed by atoms with Crippen LogP contribution in [-0.4, -0.2) is 10.2 Å². The lowest BCUT2D eigenvalue weighted by Gasteiger charge is -2.09. The summed E-state index contributed by atoms with van der Waals surface area (Å²) in [7, 11) is 0. The zero-order valence-electron chi connectivity index (χ0n) is 10.8. The van der Waals surface area contributed by atoms with Crippen molar-refractivity contribution in [3.05, 3.63) is 47.5 Å². The van der Waals surface area contributed by atoms with Crippen molar-refractivity contribution in [2.75, 3.05) is 0 Å². The van der Waals surface area contributed by atoms with Gasteiger partial charge in [0, 0.05) is 0 Å². The monoisotopic (exact) mass is 242 g/mol. The third-order valence-corrected chi connectivity index (χ3v) is 3.25. The lowest BCUT2D eigenvalue weighted by Crippen LogP contribution is -1.86. The van der Waals surface area contributed by atoms with Crippen LogP contribution in [0.5, 0.6) is 11.5 Å². The molecule has 0 saturated heterocycles. The summed E-state index contributed by atoms with van der Waals surface area (Å²) in [5.74, 6) is -0.0599. The summed E-state index contributed by atoms with van der Waals surface area (Å²) in [5, 5.41) is 19.4. The van der Waals surface area contributed by atoms with E-state index in [2.05, 4.69) is 19.1 Å². The number of hydrogen-bond donors (Lipinski definition) is 2. The maximum atomic E-state index is 9.72. The lowest BCUT2D eigenvalue weighted by molar-refractivity contribution is 0.400. The zero-order chi connectivity index (χ0) is 13.1. The maximum Gasteiger partial charge on any atom is 0.160 e. The van der Waals surface area contributed by atoms with Crippen LogP contribution in [0.15, 0.2) is 36.4 Å². The molecule has 2 N–H and O–H groups in total. The Hall–Kier alpha value is -1.96. The van der Waals surface area contributed by atoms with Crippen LogP contribution in [0.2, 0.25) is 0 Å². The molecule has 2 aromatic carbocycles. The molecular weight excluding hydrogens is 224 g/mol. The minimum absolute atomic E-state index is 0.00794. The van der Waals surface area contributed by atoms with Crippen molar-refractivity contribution in [1.29, 1.82) is 0 Å². The van der Waals surface area contributed by atoms with E-state index in [9.17, 15) is 10.2 Å². The van der Waals surface area contributed by atoms with E-state index in [0.29, 0.717) is 6.42 Å². The first-order valence-corrected chi connectivity index (χ1v) is 6.29. The smallest absolute Gasteiger partial charge is 0.160 e. The van der Waals surface area contributed by atoms with Gasteiger partial charge in [0.05, 0.1) is 0 Å². The summed E-state index contributed by atoms with van der Waals surface area (Å²) in [4.78, 5) is 0.